The van der Waals surface area contributed by atoms with Crippen LogP contribution in [0.1, 0.15) is 6.92 Å². The minimum atomic E-state index is -3.60. The molecule has 2 rings (SSSR count). The van der Waals surface area contributed by atoms with Gasteiger partial charge in [0.1, 0.15) is 5.75 Å². The van der Waals surface area contributed by atoms with Crippen LogP contribution in [0.3, 0.4) is 0 Å². The van der Waals surface area contributed by atoms with Crippen LogP contribution in [-0.2, 0) is 14.8 Å². The Hall–Kier alpha value is -1.64. The smallest absolute Gasteiger partial charge is 0.240 e. The van der Waals surface area contributed by atoms with E-state index in [4.69, 9.17) is 4.74 Å². The van der Waals surface area contributed by atoms with Crippen molar-refractivity contribution in [3.63, 3.8) is 0 Å². The average Bonchev–Trinajstić information content (AvgIpc) is 2.33. The molecule has 1 aromatic rings. The summed E-state index contributed by atoms with van der Waals surface area (Å²) in [6.45, 7) is 2.58. The van der Waals surface area contributed by atoms with Gasteiger partial charge in [0, 0.05) is 26.1 Å². The van der Waals surface area contributed by atoms with E-state index >= 15 is 0 Å². The van der Waals surface area contributed by atoms with E-state index in [0.29, 0.717) is 24.5 Å². The highest BCUT2D eigenvalue weighted by atomic mass is 32.2. The molecule has 110 valence electrons. The van der Waals surface area contributed by atoms with E-state index in [9.17, 15) is 13.2 Å². The summed E-state index contributed by atoms with van der Waals surface area (Å²) in [5.41, 5.74) is 0.328. The van der Waals surface area contributed by atoms with Gasteiger partial charge >= 0.3 is 0 Å². The Morgan fingerprint density at radius 1 is 1.40 bits per heavy atom. The number of methoxy groups -OCH3 is 1. The van der Waals surface area contributed by atoms with Crippen molar-refractivity contribution < 1.29 is 17.9 Å². The molecular formula is C12H17N3O4S. The number of carbonyl (C=O) groups is 1. The lowest BCUT2D eigenvalue weighted by Crippen LogP contribution is -2.56. The minimum Gasteiger partial charge on any atom is -0.495 e. The molecule has 7 nitrogen and oxygen atoms in total. The number of ether oxygens (including phenoxy) is 1. The number of nitrogens with one attached hydrogen (secondary N) is 3. The number of hydrogen-bond donors (Lipinski definition) is 3. The summed E-state index contributed by atoms with van der Waals surface area (Å²) in [6, 6.07) is 4.25. The monoisotopic (exact) mass is 299 g/mol. The van der Waals surface area contributed by atoms with Gasteiger partial charge in [-0.1, -0.05) is 0 Å². The second-order valence-corrected chi connectivity index (χ2v) is 6.23. The lowest BCUT2D eigenvalue weighted by atomic mass is 10.2. The van der Waals surface area contributed by atoms with Gasteiger partial charge in [0.15, 0.2) is 0 Å². The van der Waals surface area contributed by atoms with Crippen molar-refractivity contribution >= 4 is 21.6 Å². The average molecular weight is 299 g/mol. The first-order chi connectivity index (χ1) is 9.42. The summed E-state index contributed by atoms with van der Waals surface area (Å²) >= 11 is 0. The second-order valence-electron chi connectivity index (χ2n) is 4.52. The summed E-state index contributed by atoms with van der Waals surface area (Å²) in [5.74, 6) is 0.110. The molecule has 1 saturated heterocycles. The molecule has 1 fully saturated rings. The third-order valence-corrected chi connectivity index (χ3v) is 4.41. The van der Waals surface area contributed by atoms with Crippen LogP contribution in [-0.4, -0.2) is 40.6 Å². The molecule has 0 spiro atoms. The fourth-order valence-corrected chi connectivity index (χ4v) is 3.06. The molecule has 1 aromatic carbocycles. The van der Waals surface area contributed by atoms with Gasteiger partial charge < -0.3 is 15.4 Å². The lowest BCUT2D eigenvalue weighted by molar-refractivity contribution is -0.114. The van der Waals surface area contributed by atoms with E-state index in [-0.39, 0.29) is 16.8 Å². The van der Waals surface area contributed by atoms with Crippen LogP contribution in [0.25, 0.3) is 0 Å². The van der Waals surface area contributed by atoms with E-state index in [2.05, 4.69) is 15.4 Å². The standard InChI is InChI=1S/C12H17N3O4S/c1-8(16)14-11-5-10(3-4-12(11)19-2)20(17,18)15-9-6-13-7-9/h3-5,9,13,15H,6-7H2,1-2H3,(H,14,16). The number of rotatable bonds is 5. The number of carbonyl (C=O) groups excluding carboxylic acids is 1. The van der Waals surface area contributed by atoms with Crippen molar-refractivity contribution in [1.82, 2.24) is 10.0 Å². The third kappa shape index (κ3) is 3.27. The summed E-state index contributed by atoms with van der Waals surface area (Å²) < 4.78 is 32.0. The molecule has 0 radical (unpaired) electrons. The zero-order valence-electron chi connectivity index (χ0n) is 11.3. The molecule has 20 heavy (non-hydrogen) atoms. The molecule has 0 aromatic heterocycles. The Morgan fingerprint density at radius 3 is 2.60 bits per heavy atom. The molecular weight excluding hydrogens is 282 g/mol. The topological polar surface area (TPSA) is 96.5 Å². The van der Waals surface area contributed by atoms with Crippen LogP contribution in [0.2, 0.25) is 0 Å². The molecule has 0 saturated carbocycles. The highest BCUT2D eigenvalue weighted by Crippen LogP contribution is 2.27. The molecule has 0 bridgehead atoms. The van der Waals surface area contributed by atoms with Gasteiger partial charge in [0.2, 0.25) is 15.9 Å². The normalized spacial score (nSPS) is 15.5. The van der Waals surface area contributed by atoms with E-state index in [0.717, 1.165) is 0 Å². The van der Waals surface area contributed by atoms with Crippen molar-refractivity contribution in [1.29, 1.82) is 0 Å². The molecule has 0 atom stereocenters. The Kier molecular flexibility index (Phi) is 4.26. The van der Waals surface area contributed by atoms with Gasteiger partial charge in [0.25, 0.3) is 0 Å². The highest BCUT2D eigenvalue weighted by molar-refractivity contribution is 7.89. The van der Waals surface area contributed by atoms with Gasteiger partial charge in [-0.15, -0.1) is 0 Å². The number of benzene rings is 1. The minimum absolute atomic E-state index is 0.0914. The molecule has 0 aliphatic carbocycles. The first-order valence-electron chi connectivity index (χ1n) is 6.11. The fraction of sp³-hybridized carbons (Fsp3) is 0.417. The number of anilines is 1. The number of amides is 1. The van der Waals surface area contributed by atoms with Crippen LogP contribution >= 0.6 is 0 Å². The van der Waals surface area contributed by atoms with E-state index < -0.39 is 10.0 Å². The van der Waals surface area contributed by atoms with Crippen LogP contribution in [0.15, 0.2) is 23.1 Å². The zero-order chi connectivity index (χ0) is 14.8. The maximum Gasteiger partial charge on any atom is 0.240 e. The zero-order valence-corrected chi connectivity index (χ0v) is 12.1. The van der Waals surface area contributed by atoms with Gasteiger partial charge in [0.05, 0.1) is 17.7 Å². The van der Waals surface area contributed by atoms with Crippen LogP contribution < -0.4 is 20.1 Å². The molecule has 1 aliphatic rings. The second kappa shape index (κ2) is 5.78. The molecule has 3 N–H and O–H groups in total. The highest BCUT2D eigenvalue weighted by Gasteiger charge is 2.25. The Labute approximate surface area is 117 Å². The van der Waals surface area contributed by atoms with Gasteiger partial charge in [-0.25, -0.2) is 13.1 Å². The Bertz CT molecular complexity index is 611. The Morgan fingerprint density at radius 2 is 2.10 bits per heavy atom. The third-order valence-electron chi connectivity index (χ3n) is 2.90. The van der Waals surface area contributed by atoms with Gasteiger partial charge in [-0.3, -0.25) is 4.79 Å². The van der Waals surface area contributed by atoms with E-state index in [1.54, 1.807) is 0 Å². The molecule has 0 unspecified atom stereocenters. The number of sulfonamides is 1. The van der Waals surface area contributed by atoms with Crippen LogP contribution in [0.5, 0.6) is 5.75 Å². The van der Waals surface area contributed by atoms with E-state index in [1.807, 2.05) is 0 Å². The fourth-order valence-electron chi connectivity index (χ4n) is 1.80. The summed E-state index contributed by atoms with van der Waals surface area (Å²) in [7, 11) is -2.15. The predicted octanol–water partition coefficient (Wildman–Crippen LogP) is -0.0963. The summed E-state index contributed by atoms with van der Waals surface area (Å²) in [4.78, 5) is 11.2. The first kappa shape index (κ1) is 14.8. The molecule has 8 heteroatoms. The van der Waals surface area contributed by atoms with Crippen LogP contribution in [0, 0.1) is 0 Å². The van der Waals surface area contributed by atoms with Crippen molar-refractivity contribution in [2.24, 2.45) is 0 Å². The van der Waals surface area contributed by atoms with Crippen molar-refractivity contribution in [3.05, 3.63) is 18.2 Å². The number of hydrogen-bond acceptors (Lipinski definition) is 5. The first-order valence-corrected chi connectivity index (χ1v) is 7.59. The Balaban J connectivity index is 2.29. The maximum absolute atomic E-state index is 12.2. The quantitative estimate of drug-likeness (QED) is 0.706. The lowest BCUT2D eigenvalue weighted by Gasteiger charge is -2.27. The summed E-state index contributed by atoms with van der Waals surface area (Å²) in [6.07, 6.45) is 0. The SMILES string of the molecule is COc1ccc(S(=O)(=O)NC2CNC2)cc1NC(C)=O. The van der Waals surface area contributed by atoms with Crippen molar-refractivity contribution in [2.75, 3.05) is 25.5 Å². The molecule has 1 aliphatic heterocycles. The van der Waals surface area contributed by atoms with E-state index in [1.165, 1.54) is 32.2 Å². The summed E-state index contributed by atoms with van der Waals surface area (Å²) in [5, 5.41) is 5.54. The molecule has 1 heterocycles. The van der Waals surface area contributed by atoms with Gasteiger partial charge in [-0.2, -0.15) is 0 Å². The van der Waals surface area contributed by atoms with Crippen molar-refractivity contribution in [2.45, 2.75) is 17.9 Å². The molecule has 1 amide bonds. The van der Waals surface area contributed by atoms with Crippen molar-refractivity contribution in [3.8, 4) is 5.75 Å². The van der Waals surface area contributed by atoms with Crippen LogP contribution in [0.4, 0.5) is 5.69 Å². The van der Waals surface area contributed by atoms with Gasteiger partial charge in [-0.05, 0) is 18.2 Å². The maximum atomic E-state index is 12.2. The predicted molar refractivity (Wildman–Crippen MR) is 74.3 cm³/mol. The largest absolute Gasteiger partial charge is 0.495 e.